The summed E-state index contributed by atoms with van der Waals surface area (Å²) in [4.78, 5) is 16.5. The number of nitrogens with zero attached hydrogens (tertiary/aromatic N) is 1. The molecule has 0 saturated carbocycles. The van der Waals surface area contributed by atoms with Crippen molar-refractivity contribution in [1.82, 2.24) is 10.2 Å². The van der Waals surface area contributed by atoms with E-state index in [1.54, 1.807) is 11.3 Å². The van der Waals surface area contributed by atoms with E-state index in [1.807, 2.05) is 18.0 Å². The number of likely N-dealkylation sites (tertiary alicyclic amines) is 1. The van der Waals surface area contributed by atoms with Gasteiger partial charge < -0.3 is 10.2 Å². The summed E-state index contributed by atoms with van der Waals surface area (Å²) in [6.45, 7) is 3.86. The lowest BCUT2D eigenvalue weighted by atomic mass is 10.1. The number of likely N-dealkylation sites (N-methyl/N-ethyl adjacent to an activating group) is 1. The van der Waals surface area contributed by atoms with Crippen molar-refractivity contribution in [2.45, 2.75) is 32.2 Å². The summed E-state index contributed by atoms with van der Waals surface area (Å²) in [5.41, 5.74) is 0. The molecule has 4 heteroatoms. The highest BCUT2D eigenvalue weighted by Gasteiger charge is 2.24. The average Bonchev–Trinajstić information content (AvgIpc) is 2.86. The summed E-state index contributed by atoms with van der Waals surface area (Å²) in [5.74, 6) is 0.203. The molecule has 1 aliphatic heterocycles. The minimum atomic E-state index is 0.203. The van der Waals surface area contributed by atoms with Gasteiger partial charge in [0.1, 0.15) is 0 Å². The van der Waals surface area contributed by atoms with E-state index in [9.17, 15) is 4.79 Å². The van der Waals surface area contributed by atoms with Crippen molar-refractivity contribution < 1.29 is 4.79 Å². The van der Waals surface area contributed by atoms with Crippen LogP contribution in [0.4, 0.5) is 0 Å². The first-order valence-corrected chi connectivity index (χ1v) is 7.11. The van der Waals surface area contributed by atoms with E-state index in [4.69, 9.17) is 0 Å². The Bertz CT molecular complexity index is 389. The van der Waals surface area contributed by atoms with Crippen molar-refractivity contribution in [3.63, 3.8) is 0 Å². The van der Waals surface area contributed by atoms with Crippen LogP contribution >= 0.6 is 11.3 Å². The lowest BCUT2D eigenvalue weighted by Gasteiger charge is -2.32. The van der Waals surface area contributed by atoms with E-state index in [2.05, 4.69) is 18.3 Å². The first-order valence-electron chi connectivity index (χ1n) is 6.29. The number of piperidine rings is 1. The van der Waals surface area contributed by atoms with Gasteiger partial charge in [-0.3, -0.25) is 4.79 Å². The molecule has 17 heavy (non-hydrogen) atoms. The Morgan fingerprint density at radius 1 is 1.59 bits per heavy atom. The SMILES string of the molecule is CCc1ccc(C(=O)N2CCCC(NC)C2)s1. The van der Waals surface area contributed by atoms with Gasteiger partial charge in [-0.05, 0) is 38.4 Å². The number of carbonyl (C=O) groups is 1. The van der Waals surface area contributed by atoms with Crippen LogP contribution < -0.4 is 5.32 Å². The van der Waals surface area contributed by atoms with Gasteiger partial charge in [0.15, 0.2) is 0 Å². The maximum atomic E-state index is 12.3. The molecule has 1 unspecified atom stereocenters. The van der Waals surface area contributed by atoms with Crippen molar-refractivity contribution in [3.05, 3.63) is 21.9 Å². The van der Waals surface area contributed by atoms with Gasteiger partial charge in [0.05, 0.1) is 4.88 Å². The zero-order valence-electron chi connectivity index (χ0n) is 10.5. The quantitative estimate of drug-likeness (QED) is 0.894. The summed E-state index contributed by atoms with van der Waals surface area (Å²) >= 11 is 1.63. The highest BCUT2D eigenvalue weighted by molar-refractivity contribution is 7.14. The molecule has 1 aliphatic rings. The van der Waals surface area contributed by atoms with Crippen molar-refractivity contribution in [2.24, 2.45) is 0 Å². The van der Waals surface area contributed by atoms with E-state index in [0.717, 1.165) is 30.8 Å². The number of thiophene rings is 1. The van der Waals surface area contributed by atoms with Gasteiger partial charge in [0, 0.05) is 24.0 Å². The minimum absolute atomic E-state index is 0.203. The van der Waals surface area contributed by atoms with Crippen LogP contribution in [-0.4, -0.2) is 37.0 Å². The fourth-order valence-electron chi connectivity index (χ4n) is 2.24. The lowest BCUT2D eigenvalue weighted by molar-refractivity contribution is 0.0703. The van der Waals surface area contributed by atoms with Crippen LogP contribution in [0.15, 0.2) is 12.1 Å². The first kappa shape index (κ1) is 12.6. The first-order chi connectivity index (χ1) is 8.24. The third-order valence-corrected chi connectivity index (χ3v) is 4.56. The fourth-order valence-corrected chi connectivity index (χ4v) is 3.15. The Morgan fingerprint density at radius 2 is 2.41 bits per heavy atom. The largest absolute Gasteiger partial charge is 0.336 e. The summed E-state index contributed by atoms with van der Waals surface area (Å²) in [5, 5.41) is 3.27. The molecule has 94 valence electrons. The Morgan fingerprint density at radius 3 is 3.06 bits per heavy atom. The second-order valence-electron chi connectivity index (χ2n) is 4.50. The molecule has 2 heterocycles. The summed E-state index contributed by atoms with van der Waals surface area (Å²) in [6.07, 6.45) is 3.28. The molecule has 0 spiro atoms. The lowest BCUT2D eigenvalue weighted by Crippen LogP contribution is -2.46. The molecule has 1 amide bonds. The zero-order chi connectivity index (χ0) is 12.3. The molecule has 0 bridgehead atoms. The van der Waals surface area contributed by atoms with Crippen LogP contribution in [0.25, 0.3) is 0 Å². The predicted molar refractivity (Wildman–Crippen MR) is 71.7 cm³/mol. The smallest absolute Gasteiger partial charge is 0.263 e. The van der Waals surface area contributed by atoms with E-state index in [0.29, 0.717) is 6.04 Å². The molecule has 1 saturated heterocycles. The van der Waals surface area contributed by atoms with E-state index >= 15 is 0 Å². The van der Waals surface area contributed by atoms with Gasteiger partial charge in [0.25, 0.3) is 5.91 Å². The van der Waals surface area contributed by atoms with Crippen LogP contribution in [0.3, 0.4) is 0 Å². The third-order valence-electron chi connectivity index (χ3n) is 3.34. The Labute approximate surface area is 107 Å². The molecule has 0 radical (unpaired) electrons. The maximum absolute atomic E-state index is 12.3. The summed E-state index contributed by atoms with van der Waals surface area (Å²) in [6, 6.07) is 4.49. The third kappa shape index (κ3) is 2.87. The highest BCUT2D eigenvalue weighted by Crippen LogP contribution is 2.20. The molecule has 1 atom stereocenters. The molecule has 2 rings (SSSR count). The molecule has 0 aromatic carbocycles. The average molecular weight is 252 g/mol. The number of nitrogens with one attached hydrogen (secondary N) is 1. The van der Waals surface area contributed by atoms with Crippen LogP contribution in [-0.2, 0) is 6.42 Å². The number of hydrogen-bond donors (Lipinski definition) is 1. The zero-order valence-corrected chi connectivity index (χ0v) is 11.3. The molecule has 1 aromatic rings. The van der Waals surface area contributed by atoms with Gasteiger partial charge in [-0.1, -0.05) is 6.92 Å². The summed E-state index contributed by atoms with van der Waals surface area (Å²) < 4.78 is 0. The van der Waals surface area contributed by atoms with Gasteiger partial charge >= 0.3 is 0 Å². The van der Waals surface area contributed by atoms with Crippen molar-refractivity contribution in [1.29, 1.82) is 0 Å². The summed E-state index contributed by atoms with van der Waals surface area (Å²) in [7, 11) is 1.97. The Kier molecular flexibility index (Phi) is 4.18. The number of hydrogen-bond acceptors (Lipinski definition) is 3. The van der Waals surface area contributed by atoms with Crippen LogP contribution in [0, 0.1) is 0 Å². The fraction of sp³-hybridized carbons (Fsp3) is 0.615. The van der Waals surface area contributed by atoms with Crippen LogP contribution in [0.2, 0.25) is 0 Å². The number of aryl methyl sites for hydroxylation is 1. The standard InChI is InChI=1S/C13H20N2OS/c1-3-11-6-7-12(17-11)13(16)15-8-4-5-10(9-15)14-2/h6-7,10,14H,3-5,8-9H2,1-2H3. The van der Waals surface area contributed by atoms with E-state index < -0.39 is 0 Å². The number of carbonyl (C=O) groups excluding carboxylic acids is 1. The second-order valence-corrected chi connectivity index (χ2v) is 5.67. The molecule has 1 aromatic heterocycles. The van der Waals surface area contributed by atoms with Crippen molar-refractivity contribution >= 4 is 17.2 Å². The number of amides is 1. The maximum Gasteiger partial charge on any atom is 0.263 e. The Balaban J connectivity index is 2.03. The highest BCUT2D eigenvalue weighted by atomic mass is 32.1. The monoisotopic (exact) mass is 252 g/mol. The Hall–Kier alpha value is -0.870. The molecule has 0 aliphatic carbocycles. The minimum Gasteiger partial charge on any atom is -0.336 e. The number of rotatable bonds is 3. The molecule has 3 nitrogen and oxygen atoms in total. The molecular weight excluding hydrogens is 232 g/mol. The van der Waals surface area contributed by atoms with Gasteiger partial charge in [-0.25, -0.2) is 0 Å². The van der Waals surface area contributed by atoms with Crippen molar-refractivity contribution in [3.8, 4) is 0 Å². The molecule has 1 fully saturated rings. The van der Waals surface area contributed by atoms with E-state index in [-0.39, 0.29) is 5.91 Å². The molecule has 1 N–H and O–H groups in total. The van der Waals surface area contributed by atoms with E-state index in [1.165, 1.54) is 11.3 Å². The topological polar surface area (TPSA) is 32.3 Å². The predicted octanol–water partition coefficient (Wildman–Crippen LogP) is 2.13. The van der Waals surface area contributed by atoms with Gasteiger partial charge in [-0.15, -0.1) is 11.3 Å². The molecular formula is C13H20N2OS. The van der Waals surface area contributed by atoms with Gasteiger partial charge in [-0.2, -0.15) is 0 Å². The van der Waals surface area contributed by atoms with Crippen molar-refractivity contribution in [2.75, 3.05) is 20.1 Å². The second kappa shape index (κ2) is 5.65. The van der Waals surface area contributed by atoms with Crippen LogP contribution in [0.1, 0.15) is 34.3 Å². The normalized spacial score (nSPS) is 20.6. The van der Waals surface area contributed by atoms with Gasteiger partial charge in [0.2, 0.25) is 0 Å². The van der Waals surface area contributed by atoms with Crippen LogP contribution in [0.5, 0.6) is 0 Å².